The number of nitrogens with zero attached hydrogens (tertiary/aromatic N) is 2. The van der Waals surface area contributed by atoms with E-state index in [0.29, 0.717) is 16.5 Å². The molecule has 0 spiro atoms. The molecule has 0 fully saturated rings. The topological polar surface area (TPSA) is 124 Å². The first-order chi connectivity index (χ1) is 11.8. The van der Waals surface area contributed by atoms with Crippen LogP contribution in [0.3, 0.4) is 0 Å². The van der Waals surface area contributed by atoms with Crippen molar-refractivity contribution < 1.29 is 13.2 Å². The molecule has 1 aromatic heterocycles. The Balaban J connectivity index is 1.77. The summed E-state index contributed by atoms with van der Waals surface area (Å²) in [7, 11) is -3.79. The molecule has 0 saturated heterocycles. The van der Waals surface area contributed by atoms with Gasteiger partial charge in [-0.3, -0.25) is 9.59 Å². The van der Waals surface area contributed by atoms with Gasteiger partial charge >= 0.3 is 0 Å². The monoisotopic (exact) mass is 358 g/mol. The van der Waals surface area contributed by atoms with Crippen LogP contribution in [0, 0.1) is 0 Å². The first-order valence-electron chi connectivity index (χ1n) is 7.22. The number of hydrogen-bond acceptors (Lipinski definition) is 5. The smallest absolute Gasteiger partial charge is 0.275 e. The predicted molar refractivity (Wildman–Crippen MR) is 92.4 cm³/mol. The van der Waals surface area contributed by atoms with Gasteiger partial charge in [-0.25, -0.2) is 18.2 Å². The van der Waals surface area contributed by atoms with E-state index >= 15 is 0 Å². The SMILES string of the molecule is NS(=O)(=O)c1ccc(NC(=O)Cn2ncc3ccccc3c2=O)cc1. The average Bonchev–Trinajstić information content (AvgIpc) is 2.57. The number of carbonyl (C=O) groups is 1. The van der Waals surface area contributed by atoms with Crippen LogP contribution in [0.4, 0.5) is 5.69 Å². The van der Waals surface area contributed by atoms with Gasteiger partial charge in [0.25, 0.3) is 5.56 Å². The van der Waals surface area contributed by atoms with Gasteiger partial charge in [0.2, 0.25) is 15.9 Å². The number of sulfonamides is 1. The van der Waals surface area contributed by atoms with Crippen LogP contribution in [0.15, 0.2) is 64.4 Å². The van der Waals surface area contributed by atoms with Gasteiger partial charge in [-0.05, 0) is 30.3 Å². The standard InChI is InChI=1S/C16H14N4O4S/c17-25(23,24)13-7-5-12(6-8-13)19-15(21)10-20-16(22)14-4-2-1-3-11(14)9-18-20/h1-9H,10H2,(H,19,21)(H2,17,23,24). The second-order valence-electron chi connectivity index (χ2n) is 5.31. The zero-order valence-corrected chi connectivity index (χ0v) is 13.7. The van der Waals surface area contributed by atoms with Crippen LogP contribution in [0.5, 0.6) is 0 Å². The Morgan fingerprint density at radius 3 is 2.48 bits per heavy atom. The molecule has 1 heterocycles. The number of anilines is 1. The number of carbonyl (C=O) groups excluding carboxylic acids is 1. The van der Waals surface area contributed by atoms with Gasteiger partial charge in [0.1, 0.15) is 6.54 Å². The summed E-state index contributed by atoms with van der Waals surface area (Å²) in [6, 6.07) is 12.4. The minimum atomic E-state index is -3.79. The lowest BCUT2D eigenvalue weighted by Gasteiger charge is -2.08. The van der Waals surface area contributed by atoms with Crippen LogP contribution < -0.4 is 16.0 Å². The van der Waals surface area contributed by atoms with Crippen molar-refractivity contribution in [2.24, 2.45) is 5.14 Å². The molecule has 128 valence electrons. The Kier molecular flexibility index (Phi) is 4.34. The van der Waals surface area contributed by atoms with Crippen molar-refractivity contribution in [1.82, 2.24) is 9.78 Å². The molecule has 25 heavy (non-hydrogen) atoms. The van der Waals surface area contributed by atoms with Crippen LogP contribution in [-0.2, 0) is 21.4 Å². The molecule has 1 amide bonds. The highest BCUT2D eigenvalue weighted by Gasteiger charge is 2.10. The highest BCUT2D eigenvalue weighted by molar-refractivity contribution is 7.89. The Bertz CT molecular complexity index is 1100. The van der Waals surface area contributed by atoms with Gasteiger partial charge in [-0.2, -0.15) is 5.10 Å². The van der Waals surface area contributed by atoms with Crippen molar-refractivity contribution in [3.8, 4) is 0 Å². The molecule has 0 unspecified atom stereocenters. The summed E-state index contributed by atoms with van der Waals surface area (Å²) in [6.45, 7) is -0.263. The van der Waals surface area contributed by atoms with Crippen molar-refractivity contribution in [2.75, 3.05) is 5.32 Å². The second kappa shape index (κ2) is 6.46. The van der Waals surface area contributed by atoms with Crippen LogP contribution >= 0.6 is 0 Å². The summed E-state index contributed by atoms with van der Waals surface area (Å²) in [5.74, 6) is -0.465. The normalized spacial score (nSPS) is 11.4. The van der Waals surface area contributed by atoms with E-state index < -0.39 is 15.9 Å². The summed E-state index contributed by atoms with van der Waals surface area (Å²) in [5, 5.41) is 12.7. The molecule has 0 aliphatic carbocycles. The van der Waals surface area contributed by atoms with Gasteiger partial charge in [0.05, 0.1) is 16.5 Å². The zero-order valence-electron chi connectivity index (χ0n) is 12.9. The average molecular weight is 358 g/mol. The summed E-state index contributed by atoms with van der Waals surface area (Å²) < 4.78 is 23.5. The predicted octanol–water partition coefficient (Wildman–Crippen LogP) is 0.683. The van der Waals surface area contributed by atoms with Crippen molar-refractivity contribution in [3.63, 3.8) is 0 Å². The maximum Gasteiger partial charge on any atom is 0.275 e. The summed E-state index contributed by atoms with van der Waals surface area (Å²) in [5.41, 5.74) is 0.0176. The van der Waals surface area contributed by atoms with Gasteiger partial charge in [0.15, 0.2) is 0 Å². The lowest BCUT2D eigenvalue weighted by atomic mass is 10.2. The Hall–Kier alpha value is -3.04. The van der Waals surface area contributed by atoms with E-state index in [9.17, 15) is 18.0 Å². The van der Waals surface area contributed by atoms with Crippen molar-refractivity contribution in [2.45, 2.75) is 11.4 Å². The summed E-state index contributed by atoms with van der Waals surface area (Å²) in [6.07, 6.45) is 1.52. The van der Waals surface area contributed by atoms with Crippen LogP contribution in [0.2, 0.25) is 0 Å². The lowest BCUT2D eigenvalue weighted by Crippen LogP contribution is -2.29. The number of benzene rings is 2. The van der Waals surface area contributed by atoms with E-state index in [4.69, 9.17) is 5.14 Å². The number of aromatic nitrogens is 2. The van der Waals surface area contributed by atoms with Gasteiger partial charge in [-0.1, -0.05) is 18.2 Å². The van der Waals surface area contributed by atoms with E-state index in [1.807, 2.05) is 0 Å². The Labute approximate surface area is 142 Å². The molecule has 0 atom stereocenters. The number of fused-ring (bicyclic) bond motifs is 1. The second-order valence-corrected chi connectivity index (χ2v) is 6.87. The minimum Gasteiger partial charge on any atom is -0.324 e. The molecule has 3 aromatic rings. The maximum absolute atomic E-state index is 12.3. The Morgan fingerprint density at radius 2 is 1.80 bits per heavy atom. The third kappa shape index (κ3) is 3.73. The Morgan fingerprint density at radius 1 is 1.12 bits per heavy atom. The van der Waals surface area contributed by atoms with Crippen LogP contribution in [0.25, 0.3) is 10.8 Å². The summed E-state index contributed by atoms with van der Waals surface area (Å²) >= 11 is 0. The first kappa shape index (κ1) is 16.8. The van der Waals surface area contributed by atoms with Crippen LogP contribution in [0.1, 0.15) is 0 Å². The van der Waals surface area contributed by atoms with Crippen molar-refractivity contribution in [1.29, 1.82) is 0 Å². The largest absolute Gasteiger partial charge is 0.324 e. The van der Waals surface area contributed by atoms with Gasteiger partial charge < -0.3 is 5.32 Å². The molecule has 3 N–H and O–H groups in total. The highest BCUT2D eigenvalue weighted by atomic mass is 32.2. The lowest BCUT2D eigenvalue weighted by molar-refractivity contribution is -0.117. The molecule has 0 bridgehead atoms. The molecular formula is C16H14N4O4S. The molecular weight excluding hydrogens is 344 g/mol. The number of amides is 1. The number of nitrogens with two attached hydrogens (primary N) is 1. The number of rotatable bonds is 4. The van der Waals surface area contributed by atoms with E-state index in [2.05, 4.69) is 10.4 Å². The van der Waals surface area contributed by atoms with E-state index in [-0.39, 0.29) is 17.0 Å². The van der Waals surface area contributed by atoms with Crippen molar-refractivity contribution >= 4 is 32.4 Å². The molecule has 0 aliphatic rings. The third-order valence-corrected chi connectivity index (χ3v) is 4.45. The van der Waals surface area contributed by atoms with Gasteiger partial charge in [0, 0.05) is 11.1 Å². The molecule has 0 aliphatic heterocycles. The summed E-state index contributed by atoms with van der Waals surface area (Å²) in [4.78, 5) is 24.4. The molecule has 8 nitrogen and oxygen atoms in total. The molecule has 0 saturated carbocycles. The van der Waals surface area contributed by atoms with E-state index in [0.717, 1.165) is 4.68 Å². The zero-order chi connectivity index (χ0) is 18.0. The van der Waals surface area contributed by atoms with E-state index in [1.165, 1.54) is 30.5 Å². The fourth-order valence-electron chi connectivity index (χ4n) is 2.30. The molecule has 3 rings (SSSR count). The fourth-order valence-corrected chi connectivity index (χ4v) is 2.82. The molecule has 2 aromatic carbocycles. The maximum atomic E-state index is 12.3. The van der Waals surface area contributed by atoms with Crippen molar-refractivity contribution in [3.05, 3.63) is 65.1 Å². The first-order valence-corrected chi connectivity index (χ1v) is 8.77. The third-order valence-electron chi connectivity index (χ3n) is 3.52. The minimum absolute atomic E-state index is 0.0575. The highest BCUT2D eigenvalue weighted by Crippen LogP contribution is 2.12. The number of primary sulfonamides is 1. The number of nitrogens with one attached hydrogen (secondary N) is 1. The quantitative estimate of drug-likeness (QED) is 0.710. The number of hydrogen-bond donors (Lipinski definition) is 2. The molecule has 9 heteroatoms. The molecule has 0 radical (unpaired) electrons. The van der Waals surface area contributed by atoms with Crippen LogP contribution in [-0.4, -0.2) is 24.1 Å². The fraction of sp³-hybridized carbons (Fsp3) is 0.0625. The van der Waals surface area contributed by atoms with Gasteiger partial charge in [-0.15, -0.1) is 0 Å². The van der Waals surface area contributed by atoms with E-state index in [1.54, 1.807) is 24.3 Å².